The van der Waals surface area contributed by atoms with Gasteiger partial charge in [-0.05, 0) is 12.1 Å². The maximum absolute atomic E-state index is 14.0. The predicted molar refractivity (Wildman–Crippen MR) is 109 cm³/mol. The minimum Gasteiger partial charge on any atom is -0.403 e. The van der Waals surface area contributed by atoms with Gasteiger partial charge in [0.2, 0.25) is 0 Å². The van der Waals surface area contributed by atoms with Gasteiger partial charge < -0.3 is 27.0 Å². The summed E-state index contributed by atoms with van der Waals surface area (Å²) < 4.78 is 55.7. The number of halogens is 4. The van der Waals surface area contributed by atoms with E-state index in [1.54, 1.807) is 0 Å². The van der Waals surface area contributed by atoms with Crippen molar-refractivity contribution in [2.45, 2.75) is 5.92 Å². The number of rotatable bonds is 4. The van der Waals surface area contributed by atoms with E-state index in [0.717, 1.165) is 23.2 Å². The van der Waals surface area contributed by atoms with Gasteiger partial charge in [0, 0.05) is 19.3 Å². The summed E-state index contributed by atoms with van der Waals surface area (Å²) in [5, 5.41) is 12.8. The molecular weight excluding hydrogens is 438 g/mol. The first-order valence-electron chi connectivity index (χ1n) is 8.99. The van der Waals surface area contributed by atoms with Gasteiger partial charge in [-0.2, -0.15) is 0 Å². The van der Waals surface area contributed by atoms with Gasteiger partial charge >= 0.3 is 0 Å². The van der Waals surface area contributed by atoms with Crippen molar-refractivity contribution in [2.75, 3.05) is 31.9 Å². The Balaban J connectivity index is 1.80. The number of benzene rings is 1. The average Bonchev–Trinajstić information content (AvgIpc) is 2.98. The molecule has 0 spiro atoms. The van der Waals surface area contributed by atoms with Gasteiger partial charge in [-0.1, -0.05) is 17.4 Å². The van der Waals surface area contributed by atoms with Crippen LogP contribution in [0.3, 0.4) is 0 Å². The Hall–Kier alpha value is -3.19. The third-order valence-electron chi connectivity index (χ3n) is 4.40. The molecule has 0 aliphatic carbocycles. The number of nitrogen functional groups attached to an aromatic ring is 1. The van der Waals surface area contributed by atoms with E-state index in [4.69, 9.17) is 16.9 Å². The number of amides is 1. The van der Waals surface area contributed by atoms with Crippen LogP contribution < -0.4 is 22.1 Å². The van der Waals surface area contributed by atoms with Crippen molar-refractivity contribution in [3.8, 4) is 10.6 Å². The Morgan fingerprint density at radius 2 is 2.03 bits per heavy atom. The van der Waals surface area contributed by atoms with E-state index >= 15 is 0 Å². The zero-order valence-electron chi connectivity index (χ0n) is 16.0. The fourth-order valence-electron chi connectivity index (χ4n) is 2.93. The van der Waals surface area contributed by atoms with Crippen LogP contribution in [0.5, 0.6) is 0 Å². The lowest BCUT2D eigenvalue weighted by atomic mass is 10.2. The second-order valence-corrected chi connectivity index (χ2v) is 7.70. The lowest BCUT2D eigenvalue weighted by Gasteiger charge is -2.27. The SMILES string of the molecule is N=C(C(=CN)NC(=O)c1nc(-c2c(F)cccc2F)sc1N)N1CCNCC(F)(F)C1. The van der Waals surface area contributed by atoms with E-state index in [2.05, 4.69) is 15.6 Å². The minimum atomic E-state index is -3.08. The number of nitrogens with zero attached hydrogens (tertiary/aromatic N) is 2. The Bertz CT molecular complexity index is 1020. The third-order valence-corrected chi connectivity index (χ3v) is 5.30. The molecule has 0 atom stereocenters. The molecule has 1 saturated heterocycles. The van der Waals surface area contributed by atoms with Crippen LogP contribution in [0.2, 0.25) is 0 Å². The molecule has 31 heavy (non-hydrogen) atoms. The molecule has 3 rings (SSSR count). The number of thiazole rings is 1. The Morgan fingerprint density at radius 3 is 2.68 bits per heavy atom. The summed E-state index contributed by atoms with van der Waals surface area (Å²) >= 11 is 0.701. The van der Waals surface area contributed by atoms with E-state index in [1.165, 1.54) is 6.07 Å². The molecule has 13 heteroatoms. The normalized spacial score (nSPS) is 16.6. The van der Waals surface area contributed by atoms with E-state index in [-0.39, 0.29) is 34.5 Å². The number of hydrogen-bond acceptors (Lipinski definition) is 7. The van der Waals surface area contributed by atoms with Crippen molar-refractivity contribution in [2.24, 2.45) is 5.73 Å². The smallest absolute Gasteiger partial charge is 0.277 e. The van der Waals surface area contributed by atoms with Crippen LogP contribution >= 0.6 is 11.3 Å². The number of carbonyl (C=O) groups is 1. The van der Waals surface area contributed by atoms with Crippen molar-refractivity contribution < 1.29 is 22.4 Å². The highest BCUT2D eigenvalue weighted by Gasteiger charge is 2.35. The van der Waals surface area contributed by atoms with Gasteiger partial charge in [0.05, 0.1) is 24.4 Å². The predicted octanol–water partition coefficient (Wildman–Crippen LogP) is 1.72. The lowest BCUT2D eigenvalue weighted by molar-refractivity contribution is -0.00593. The first-order valence-corrected chi connectivity index (χ1v) is 9.81. The minimum absolute atomic E-state index is 0.0944. The second kappa shape index (κ2) is 8.89. The van der Waals surface area contributed by atoms with Gasteiger partial charge in [-0.15, -0.1) is 0 Å². The topological polar surface area (TPSA) is 133 Å². The first kappa shape index (κ1) is 22.5. The number of amidine groups is 1. The van der Waals surface area contributed by atoms with Crippen molar-refractivity contribution in [3.05, 3.63) is 47.4 Å². The van der Waals surface area contributed by atoms with E-state index in [9.17, 15) is 22.4 Å². The number of aromatic nitrogens is 1. The highest BCUT2D eigenvalue weighted by Crippen LogP contribution is 2.33. The number of alkyl halides is 2. The Morgan fingerprint density at radius 1 is 1.35 bits per heavy atom. The van der Waals surface area contributed by atoms with Crippen LogP contribution in [-0.4, -0.2) is 53.7 Å². The van der Waals surface area contributed by atoms with Crippen LogP contribution in [0, 0.1) is 17.0 Å². The molecule has 7 N–H and O–H groups in total. The van der Waals surface area contributed by atoms with Crippen LogP contribution in [0.25, 0.3) is 10.6 Å². The molecule has 1 aromatic carbocycles. The molecule has 2 aromatic rings. The molecule has 1 fully saturated rings. The summed E-state index contributed by atoms with van der Waals surface area (Å²) in [5.74, 6) is -6.15. The fourth-order valence-corrected chi connectivity index (χ4v) is 3.80. The summed E-state index contributed by atoms with van der Waals surface area (Å²) in [5.41, 5.74) is 10.3. The van der Waals surface area contributed by atoms with Crippen LogP contribution in [0.4, 0.5) is 22.6 Å². The molecule has 1 aliphatic heterocycles. The van der Waals surface area contributed by atoms with E-state index in [0.29, 0.717) is 11.3 Å². The third kappa shape index (κ3) is 4.94. The molecule has 1 amide bonds. The summed E-state index contributed by atoms with van der Waals surface area (Å²) in [6.45, 7) is -0.964. The van der Waals surface area contributed by atoms with Crippen molar-refractivity contribution in [1.82, 2.24) is 20.5 Å². The van der Waals surface area contributed by atoms with Crippen molar-refractivity contribution in [1.29, 1.82) is 5.41 Å². The molecule has 2 heterocycles. The highest BCUT2D eigenvalue weighted by molar-refractivity contribution is 7.19. The Kier molecular flexibility index (Phi) is 6.45. The zero-order valence-corrected chi connectivity index (χ0v) is 16.8. The quantitative estimate of drug-likeness (QED) is 0.270. The molecule has 1 aliphatic rings. The molecule has 0 bridgehead atoms. The van der Waals surface area contributed by atoms with Gasteiger partial charge in [0.25, 0.3) is 11.8 Å². The van der Waals surface area contributed by atoms with Gasteiger partial charge in [-0.3, -0.25) is 10.2 Å². The molecule has 166 valence electrons. The average molecular weight is 457 g/mol. The van der Waals surface area contributed by atoms with Gasteiger partial charge in [0.1, 0.15) is 27.5 Å². The van der Waals surface area contributed by atoms with Crippen LogP contribution in [0.1, 0.15) is 10.5 Å². The molecule has 0 radical (unpaired) electrons. The van der Waals surface area contributed by atoms with E-state index in [1.807, 2.05) is 0 Å². The zero-order chi connectivity index (χ0) is 22.8. The van der Waals surface area contributed by atoms with Gasteiger partial charge in [0.15, 0.2) is 5.69 Å². The lowest BCUT2D eigenvalue weighted by Crippen LogP contribution is -2.44. The number of hydrogen-bond donors (Lipinski definition) is 5. The molecule has 8 nitrogen and oxygen atoms in total. The summed E-state index contributed by atoms with van der Waals surface area (Å²) in [6, 6.07) is 3.26. The fraction of sp³-hybridized carbons (Fsp3) is 0.278. The number of anilines is 1. The summed E-state index contributed by atoms with van der Waals surface area (Å²) in [6.07, 6.45) is 0.886. The van der Waals surface area contributed by atoms with E-state index < -0.39 is 48.0 Å². The highest BCUT2D eigenvalue weighted by atomic mass is 32.1. The summed E-state index contributed by atoms with van der Waals surface area (Å²) in [4.78, 5) is 17.6. The van der Waals surface area contributed by atoms with Crippen LogP contribution in [0.15, 0.2) is 30.1 Å². The molecular formula is C18H19F4N7OS. The Labute approximate surface area is 178 Å². The largest absolute Gasteiger partial charge is 0.403 e. The van der Waals surface area contributed by atoms with Crippen molar-refractivity contribution in [3.63, 3.8) is 0 Å². The standard InChI is InChI=1S/C18H19F4N7OS/c19-9-2-1-3-10(20)12(9)17-28-13(15(25)31-17)16(30)27-11(6-23)14(24)29-5-4-26-7-18(21,22)8-29/h1-3,6,24,26H,4-5,7-8,23,25H2,(H,27,30). The first-order chi connectivity index (χ1) is 14.6. The van der Waals surface area contributed by atoms with Crippen molar-refractivity contribution >= 4 is 28.1 Å². The molecule has 0 saturated carbocycles. The number of nitrogens with two attached hydrogens (primary N) is 2. The van der Waals surface area contributed by atoms with Gasteiger partial charge in [-0.25, -0.2) is 22.5 Å². The number of carbonyl (C=O) groups excluding carboxylic acids is 1. The number of nitrogens with one attached hydrogen (secondary N) is 3. The molecule has 0 unspecified atom stereocenters. The maximum atomic E-state index is 14.0. The van der Waals surface area contributed by atoms with Crippen LogP contribution in [-0.2, 0) is 0 Å². The molecule has 1 aromatic heterocycles. The monoisotopic (exact) mass is 457 g/mol. The summed E-state index contributed by atoms with van der Waals surface area (Å²) in [7, 11) is 0. The maximum Gasteiger partial charge on any atom is 0.277 e. The second-order valence-electron chi connectivity index (χ2n) is 6.67.